The Balaban J connectivity index is 1.87. The van der Waals surface area contributed by atoms with Crippen molar-refractivity contribution < 1.29 is 4.74 Å². The second-order valence-electron chi connectivity index (χ2n) is 6.77. The lowest BCUT2D eigenvalue weighted by molar-refractivity contribution is 0.261. The van der Waals surface area contributed by atoms with Crippen molar-refractivity contribution in [3.05, 3.63) is 65.7 Å². The van der Waals surface area contributed by atoms with Crippen LogP contribution in [0.4, 0.5) is 0 Å². The number of hydrogen-bond donors (Lipinski definition) is 0. The quantitative estimate of drug-likeness (QED) is 0.459. The first-order valence-corrected chi connectivity index (χ1v) is 9.71. The summed E-state index contributed by atoms with van der Waals surface area (Å²) in [4.78, 5) is 2.60. The maximum Gasteiger partial charge on any atom is 0.118 e. The van der Waals surface area contributed by atoms with Crippen molar-refractivity contribution in [2.45, 2.75) is 52.0 Å². The van der Waals surface area contributed by atoms with E-state index in [2.05, 4.69) is 66.4 Å². The first-order valence-electron chi connectivity index (χ1n) is 9.71. The van der Waals surface area contributed by atoms with Crippen LogP contribution < -0.4 is 4.74 Å². The van der Waals surface area contributed by atoms with Gasteiger partial charge in [0.25, 0.3) is 0 Å². The molecule has 0 bridgehead atoms. The maximum atomic E-state index is 5.27. The molecule has 2 aromatic rings. The Morgan fingerprint density at radius 3 is 2.16 bits per heavy atom. The Labute approximate surface area is 153 Å². The molecule has 2 rings (SSSR count). The highest BCUT2D eigenvalue weighted by Gasteiger charge is 2.07. The van der Waals surface area contributed by atoms with E-state index in [4.69, 9.17) is 4.74 Å². The zero-order chi connectivity index (χ0) is 17.7. The molecular formula is C23H33NO. The molecular weight excluding hydrogens is 306 g/mol. The van der Waals surface area contributed by atoms with Crippen molar-refractivity contribution in [1.29, 1.82) is 0 Å². The van der Waals surface area contributed by atoms with Gasteiger partial charge in [-0.2, -0.15) is 0 Å². The van der Waals surface area contributed by atoms with Gasteiger partial charge in [0.1, 0.15) is 5.75 Å². The largest absolute Gasteiger partial charge is 0.497 e. The molecule has 0 aliphatic rings. The van der Waals surface area contributed by atoms with Gasteiger partial charge in [-0.3, -0.25) is 4.90 Å². The minimum absolute atomic E-state index is 0.930. The Morgan fingerprint density at radius 2 is 1.48 bits per heavy atom. The first-order chi connectivity index (χ1) is 12.3. The molecule has 0 N–H and O–H groups in total. The van der Waals surface area contributed by atoms with Crippen LogP contribution in [0.2, 0.25) is 0 Å². The lowest BCUT2D eigenvalue weighted by Gasteiger charge is -2.23. The third-order valence-corrected chi connectivity index (χ3v) is 4.70. The monoisotopic (exact) mass is 339 g/mol. The summed E-state index contributed by atoms with van der Waals surface area (Å²) in [7, 11) is 1.72. The fourth-order valence-electron chi connectivity index (χ4n) is 3.13. The van der Waals surface area contributed by atoms with Gasteiger partial charge in [-0.25, -0.2) is 0 Å². The van der Waals surface area contributed by atoms with E-state index in [0.29, 0.717) is 0 Å². The number of ether oxygens (including phenoxy) is 1. The molecule has 0 amide bonds. The predicted octanol–water partition coefficient (Wildman–Crippen LogP) is 5.71. The van der Waals surface area contributed by atoms with Crippen LogP contribution in [0, 0.1) is 0 Å². The summed E-state index contributed by atoms with van der Waals surface area (Å²) in [6.07, 6.45) is 7.80. The van der Waals surface area contributed by atoms with Gasteiger partial charge >= 0.3 is 0 Å². The lowest BCUT2D eigenvalue weighted by atomic mass is 10.1. The van der Waals surface area contributed by atoms with E-state index in [-0.39, 0.29) is 0 Å². The Kier molecular flexibility index (Phi) is 9.14. The topological polar surface area (TPSA) is 12.5 Å². The van der Waals surface area contributed by atoms with Gasteiger partial charge in [0.05, 0.1) is 7.11 Å². The molecule has 0 fully saturated rings. The molecule has 0 radical (unpaired) electrons. The highest BCUT2D eigenvalue weighted by Crippen LogP contribution is 2.14. The summed E-state index contributed by atoms with van der Waals surface area (Å²) in [5.74, 6) is 0.930. The molecule has 136 valence electrons. The molecule has 0 aromatic heterocycles. The maximum absolute atomic E-state index is 5.27. The SMILES string of the molecule is CCCCCCCN(CCc1ccccc1)Cc1ccc(OC)cc1. The van der Waals surface area contributed by atoms with Crippen LogP contribution in [0.25, 0.3) is 0 Å². The van der Waals surface area contributed by atoms with Gasteiger partial charge in [0.15, 0.2) is 0 Å². The third kappa shape index (κ3) is 7.74. The van der Waals surface area contributed by atoms with E-state index >= 15 is 0 Å². The second-order valence-corrected chi connectivity index (χ2v) is 6.77. The average Bonchev–Trinajstić information content (AvgIpc) is 2.67. The molecule has 0 heterocycles. The lowest BCUT2D eigenvalue weighted by Crippen LogP contribution is -2.27. The zero-order valence-electron chi connectivity index (χ0n) is 15.9. The van der Waals surface area contributed by atoms with Gasteiger partial charge in [-0.1, -0.05) is 75.1 Å². The van der Waals surface area contributed by atoms with E-state index < -0.39 is 0 Å². The van der Waals surface area contributed by atoms with Crippen LogP contribution in [0.5, 0.6) is 5.75 Å². The van der Waals surface area contributed by atoms with Crippen LogP contribution in [-0.4, -0.2) is 25.1 Å². The van der Waals surface area contributed by atoms with Crippen LogP contribution in [-0.2, 0) is 13.0 Å². The van der Waals surface area contributed by atoms with Crippen LogP contribution in [0.15, 0.2) is 54.6 Å². The molecule has 2 nitrogen and oxygen atoms in total. The van der Waals surface area contributed by atoms with Crippen LogP contribution >= 0.6 is 0 Å². The number of hydrogen-bond acceptors (Lipinski definition) is 2. The predicted molar refractivity (Wildman–Crippen MR) is 107 cm³/mol. The van der Waals surface area contributed by atoms with Crippen molar-refractivity contribution in [1.82, 2.24) is 4.90 Å². The summed E-state index contributed by atoms with van der Waals surface area (Å²) in [6.45, 7) is 5.59. The number of benzene rings is 2. The van der Waals surface area contributed by atoms with Gasteiger partial charge in [0.2, 0.25) is 0 Å². The molecule has 2 aromatic carbocycles. The van der Waals surface area contributed by atoms with E-state index in [9.17, 15) is 0 Å². The standard InChI is InChI=1S/C23H33NO/c1-3-4-5-6-10-18-24(19-17-21-11-8-7-9-12-21)20-22-13-15-23(25-2)16-14-22/h7-9,11-16H,3-6,10,17-20H2,1-2H3. The van der Waals surface area contributed by atoms with Gasteiger partial charge in [-0.15, -0.1) is 0 Å². The van der Waals surface area contributed by atoms with Crippen molar-refractivity contribution in [3.8, 4) is 5.75 Å². The summed E-state index contributed by atoms with van der Waals surface area (Å²) in [6, 6.07) is 19.3. The Hall–Kier alpha value is -1.80. The molecule has 2 heteroatoms. The van der Waals surface area contributed by atoms with E-state index in [0.717, 1.165) is 25.3 Å². The average molecular weight is 340 g/mol. The molecule has 25 heavy (non-hydrogen) atoms. The van der Waals surface area contributed by atoms with E-state index in [1.807, 2.05) is 0 Å². The van der Waals surface area contributed by atoms with Crippen molar-refractivity contribution >= 4 is 0 Å². The molecule has 0 saturated heterocycles. The number of methoxy groups -OCH3 is 1. The summed E-state index contributed by atoms with van der Waals surface area (Å²) >= 11 is 0. The molecule has 0 aliphatic heterocycles. The van der Waals surface area contributed by atoms with Gasteiger partial charge in [-0.05, 0) is 42.6 Å². The van der Waals surface area contributed by atoms with E-state index in [1.165, 1.54) is 49.8 Å². The summed E-state index contributed by atoms with van der Waals surface area (Å²) in [5, 5.41) is 0. The highest BCUT2D eigenvalue weighted by atomic mass is 16.5. The number of rotatable bonds is 12. The van der Waals surface area contributed by atoms with Gasteiger partial charge < -0.3 is 4.74 Å². The molecule has 0 atom stereocenters. The van der Waals surface area contributed by atoms with Crippen molar-refractivity contribution in [2.24, 2.45) is 0 Å². The van der Waals surface area contributed by atoms with Crippen molar-refractivity contribution in [2.75, 3.05) is 20.2 Å². The van der Waals surface area contributed by atoms with Crippen LogP contribution in [0.1, 0.15) is 50.2 Å². The molecule has 0 unspecified atom stereocenters. The van der Waals surface area contributed by atoms with Crippen molar-refractivity contribution in [3.63, 3.8) is 0 Å². The number of unbranched alkanes of at least 4 members (excludes halogenated alkanes) is 4. The second kappa shape index (κ2) is 11.7. The van der Waals surface area contributed by atoms with E-state index in [1.54, 1.807) is 7.11 Å². The molecule has 0 spiro atoms. The minimum Gasteiger partial charge on any atom is -0.497 e. The Morgan fingerprint density at radius 1 is 0.760 bits per heavy atom. The molecule has 0 aliphatic carbocycles. The fourth-order valence-corrected chi connectivity index (χ4v) is 3.13. The van der Waals surface area contributed by atoms with Gasteiger partial charge in [0, 0.05) is 13.1 Å². The Bertz CT molecular complexity index is 564. The number of nitrogens with zero attached hydrogens (tertiary/aromatic N) is 1. The minimum atomic E-state index is 0.930. The summed E-state index contributed by atoms with van der Waals surface area (Å²) < 4.78 is 5.27. The van der Waals surface area contributed by atoms with Crippen LogP contribution in [0.3, 0.4) is 0 Å². The fraction of sp³-hybridized carbons (Fsp3) is 0.478. The molecule has 0 saturated carbocycles. The normalized spacial score (nSPS) is 11.0. The summed E-state index contributed by atoms with van der Waals surface area (Å²) in [5.41, 5.74) is 2.79. The zero-order valence-corrected chi connectivity index (χ0v) is 15.9. The smallest absolute Gasteiger partial charge is 0.118 e. The first kappa shape index (κ1) is 19.5. The third-order valence-electron chi connectivity index (χ3n) is 4.70. The highest BCUT2D eigenvalue weighted by molar-refractivity contribution is 5.27.